The van der Waals surface area contributed by atoms with E-state index in [-0.39, 0.29) is 11.3 Å². The van der Waals surface area contributed by atoms with Gasteiger partial charge in [0.05, 0.1) is 30.0 Å². The van der Waals surface area contributed by atoms with E-state index < -0.39 is 6.36 Å². The van der Waals surface area contributed by atoms with Gasteiger partial charge in [0, 0.05) is 29.7 Å². The van der Waals surface area contributed by atoms with Crippen LogP contribution >= 0.6 is 0 Å². The first-order valence-corrected chi connectivity index (χ1v) is 11.1. The quantitative estimate of drug-likeness (QED) is 0.406. The third kappa shape index (κ3) is 4.72. The zero-order chi connectivity index (χ0) is 24.6. The standard InChI is InChI=1S/C26H22F3N3O3/c1-17-9-10-19(31-11-13-34-14-12-31)16-23(17)32-25(33)22-8-3-2-7-21(22)24(30-32)18-5-4-6-20(15-18)35-26(27,28)29/h2-10,15-16H,11-14H2,1H3. The zero-order valence-corrected chi connectivity index (χ0v) is 18.9. The fourth-order valence-corrected chi connectivity index (χ4v) is 4.25. The maximum atomic E-state index is 13.5. The van der Waals surface area contributed by atoms with E-state index >= 15 is 0 Å². The lowest BCUT2D eigenvalue weighted by atomic mass is 10.0. The highest BCUT2D eigenvalue weighted by molar-refractivity contribution is 5.94. The molecular formula is C26H22F3N3O3. The van der Waals surface area contributed by atoms with Gasteiger partial charge in [0.1, 0.15) is 5.75 Å². The van der Waals surface area contributed by atoms with Gasteiger partial charge in [-0.1, -0.05) is 36.4 Å². The van der Waals surface area contributed by atoms with Gasteiger partial charge in [-0.05, 0) is 42.8 Å². The van der Waals surface area contributed by atoms with Crippen molar-refractivity contribution in [1.29, 1.82) is 0 Å². The average Bonchev–Trinajstić information content (AvgIpc) is 2.85. The van der Waals surface area contributed by atoms with Crippen LogP contribution in [-0.4, -0.2) is 42.4 Å². The van der Waals surface area contributed by atoms with Gasteiger partial charge in [0.2, 0.25) is 0 Å². The number of aryl methyl sites for hydroxylation is 1. The summed E-state index contributed by atoms with van der Waals surface area (Å²) < 4.78 is 49.3. The summed E-state index contributed by atoms with van der Waals surface area (Å²) in [5.74, 6) is -0.357. The Bertz CT molecular complexity index is 1440. The van der Waals surface area contributed by atoms with Crippen molar-refractivity contribution in [2.75, 3.05) is 31.2 Å². The second kappa shape index (κ2) is 9.07. The van der Waals surface area contributed by atoms with Gasteiger partial charge in [0.15, 0.2) is 0 Å². The van der Waals surface area contributed by atoms with E-state index in [1.54, 1.807) is 30.3 Å². The van der Waals surface area contributed by atoms with Gasteiger partial charge in [-0.3, -0.25) is 4.79 Å². The zero-order valence-electron chi connectivity index (χ0n) is 18.9. The summed E-state index contributed by atoms with van der Waals surface area (Å²) in [5, 5.41) is 5.60. The number of aromatic nitrogens is 2. The highest BCUT2D eigenvalue weighted by Gasteiger charge is 2.31. The van der Waals surface area contributed by atoms with Gasteiger partial charge in [-0.2, -0.15) is 9.78 Å². The SMILES string of the molecule is Cc1ccc(N2CCOCC2)cc1-n1nc(-c2cccc(OC(F)(F)F)c2)c2ccccc2c1=O. The summed E-state index contributed by atoms with van der Waals surface area (Å²) in [4.78, 5) is 15.7. The average molecular weight is 481 g/mol. The molecule has 0 amide bonds. The van der Waals surface area contributed by atoms with Crippen molar-refractivity contribution in [3.63, 3.8) is 0 Å². The molecule has 0 atom stereocenters. The van der Waals surface area contributed by atoms with E-state index in [2.05, 4.69) is 14.7 Å². The molecule has 0 N–H and O–H groups in total. The number of halogens is 3. The van der Waals surface area contributed by atoms with Crippen LogP contribution in [0, 0.1) is 6.92 Å². The van der Waals surface area contributed by atoms with Gasteiger partial charge < -0.3 is 14.4 Å². The van der Waals surface area contributed by atoms with E-state index in [1.807, 2.05) is 25.1 Å². The number of benzene rings is 3. The molecule has 0 radical (unpaired) electrons. The number of alkyl halides is 3. The molecule has 3 aromatic carbocycles. The lowest BCUT2D eigenvalue weighted by Crippen LogP contribution is -2.36. The largest absolute Gasteiger partial charge is 0.573 e. The number of ether oxygens (including phenoxy) is 2. The number of anilines is 1. The van der Waals surface area contributed by atoms with Crippen LogP contribution in [0.25, 0.3) is 27.7 Å². The Labute approximate surface area is 199 Å². The fourth-order valence-electron chi connectivity index (χ4n) is 4.25. The number of fused-ring (bicyclic) bond motifs is 1. The normalized spacial score (nSPS) is 14.3. The molecule has 0 unspecified atom stereocenters. The molecular weight excluding hydrogens is 459 g/mol. The minimum absolute atomic E-state index is 0.311. The molecule has 6 nitrogen and oxygen atoms in total. The molecule has 0 bridgehead atoms. The molecule has 1 aliphatic heterocycles. The van der Waals surface area contributed by atoms with Gasteiger partial charge in [-0.15, -0.1) is 13.2 Å². The third-order valence-electron chi connectivity index (χ3n) is 5.94. The van der Waals surface area contributed by atoms with Crippen LogP contribution in [0.5, 0.6) is 5.75 Å². The van der Waals surface area contributed by atoms with Gasteiger partial charge >= 0.3 is 6.36 Å². The van der Waals surface area contributed by atoms with Crippen LogP contribution in [-0.2, 0) is 4.74 Å². The molecule has 0 spiro atoms. The molecule has 5 rings (SSSR count). The Kier molecular flexibility index (Phi) is 5.94. The maximum absolute atomic E-state index is 13.5. The van der Waals surface area contributed by atoms with Crippen molar-refractivity contribution in [3.05, 3.63) is 82.6 Å². The third-order valence-corrected chi connectivity index (χ3v) is 5.94. The van der Waals surface area contributed by atoms with Crippen LogP contribution in [0.2, 0.25) is 0 Å². The number of hydrogen-bond acceptors (Lipinski definition) is 5. The van der Waals surface area contributed by atoms with E-state index in [0.717, 1.165) is 24.3 Å². The highest BCUT2D eigenvalue weighted by atomic mass is 19.4. The van der Waals surface area contributed by atoms with E-state index in [1.165, 1.54) is 22.9 Å². The molecule has 2 heterocycles. The molecule has 1 aliphatic rings. The van der Waals surface area contributed by atoms with E-state index in [9.17, 15) is 18.0 Å². The van der Waals surface area contributed by atoms with Crippen molar-refractivity contribution in [2.24, 2.45) is 0 Å². The summed E-state index contributed by atoms with van der Waals surface area (Å²) >= 11 is 0. The smallest absolute Gasteiger partial charge is 0.406 e. The van der Waals surface area contributed by atoms with E-state index in [0.29, 0.717) is 40.9 Å². The Morgan fingerprint density at radius 1 is 0.943 bits per heavy atom. The second-order valence-electron chi connectivity index (χ2n) is 8.26. The Balaban J connectivity index is 1.69. The van der Waals surface area contributed by atoms with Crippen LogP contribution < -0.4 is 15.2 Å². The number of nitrogens with zero attached hydrogens (tertiary/aromatic N) is 3. The van der Waals surface area contributed by atoms with Crippen LogP contribution in [0.4, 0.5) is 18.9 Å². The number of rotatable bonds is 4. The van der Waals surface area contributed by atoms with Crippen LogP contribution in [0.15, 0.2) is 71.5 Å². The van der Waals surface area contributed by atoms with E-state index in [4.69, 9.17) is 4.74 Å². The van der Waals surface area contributed by atoms with Crippen molar-refractivity contribution in [1.82, 2.24) is 9.78 Å². The summed E-state index contributed by atoms with van der Waals surface area (Å²) in [6, 6.07) is 18.4. The molecule has 0 saturated carbocycles. The number of morpholine rings is 1. The first-order valence-electron chi connectivity index (χ1n) is 11.1. The van der Waals surface area contributed by atoms with Gasteiger partial charge in [-0.25, -0.2) is 0 Å². The van der Waals surface area contributed by atoms with Crippen LogP contribution in [0.1, 0.15) is 5.56 Å². The molecule has 9 heteroatoms. The maximum Gasteiger partial charge on any atom is 0.573 e. The Morgan fingerprint density at radius 2 is 1.69 bits per heavy atom. The molecule has 1 saturated heterocycles. The lowest BCUT2D eigenvalue weighted by Gasteiger charge is -2.29. The molecule has 180 valence electrons. The first kappa shape index (κ1) is 22.9. The summed E-state index contributed by atoms with van der Waals surface area (Å²) in [7, 11) is 0. The van der Waals surface area contributed by atoms with Gasteiger partial charge in [0.25, 0.3) is 5.56 Å². The summed E-state index contributed by atoms with van der Waals surface area (Å²) in [6.07, 6.45) is -4.82. The summed E-state index contributed by atoms with van der Waals surface area (Å²) in [5.41, 5.74) is 2.86. The first-order chi connectivity index (χ1) is 16.8. The second-order valence-corrected chi connectivity index (χ2v) is 8.26. The molecule has 35 heavy (non-hydrogen) atoms. The van der Waals surface area contributed by atoms with Crippen molar-refractivity contribution < 1.29 is 22.6 Å². The van der Waals surface area contributed by atoms with Crippen LogP contribution in [0.3, 0.4) is 0 Å². The predicted octanol–water partition coefficient (Wildman–Crippen LogP) is 5.10. The topological polar surface area (TPSA) is 56.6 Å². The fraction of sp³-hybridized carbons (Fsp3) is 0.231. The summed E-state index contributed by atoms with van der Waals surface area (Å²) in [6.45, 7) is 4.61. The highest BCUT2D eigenvalue weighted by Crippen LogP contribution is 2.31. The lowest BCUT2D eigenvalue weighted by molar-refractivity contribution is -0.274. The minimum atomic E-state index is -4.82. The van der Waals surface area contributed by atoms with Crippen molar-refractivity contribution in [2.45, 2.75) is 13.3 Å². The predicted molar refractivity (Wildman–Crippen MR) is 127 cm³/mol. The van der Waals surface area contributed by atoms with Crippen molar-refractivity contribution in [3.8, 4) is 22.7 Å². The molecule has 4 aromatic rings. The molecule has 1 fully saturated rings. The number of hydrogen-bond donors (Lipinski definition) is 0. The molecule has 0 aliphatic carbocycles. The van der Waals surface area contributed by atoms with Crippen molar-refractivity contribution >= 4 is 16.5 Å². The molecule has 1 aromatic heterocycles. The Hall–Kier alpha value is -3.85. The minimum Gasteiger partial charge on any atom is -0.406 e. The monoisotopic (exact) mass is 481 g/mol. The Morgan fingerprint density at radius 3 is 2.43 bits per heavy atom.